The Kier molecular flexibility index (Phi) is 3.63. The van der Waals surface area contributed by atoms with E-state index in [2.05, 4.69) is 16.3 Å². The maximum atomic E-state index is 9.20. The molecule has 100 valence electrons. The highest BCUT2D eigenvalue weighted by molar-refractivity contribution is 6.32. The third-order valence-corrected chi connectivity index (χ3v) is 4.62. The molecule has 0 bridgehead atoms. The monoisotopic (exact) mass is 275 g/mol. The van der Waals surface area contributed by atoms with E-state index in [1.807, 2.05) is 12.1 Å². The van der Waals surface area contributed by atoms with E-state index in [1.54, 1.807) is 6.07 Å². The van der Waals surface area contributed by atoms with Gasteiger partial charge in [0, 0.05) is 18.6 Å². The van der Waals surface area contributed by atoms with Crippen molar-refractivity contribution >= 4 is 17.3 Å². The molecular formula is C15H18ClN3. The Hall–Kier alpha value is -1.24. The maximum absolute atomic E-state index is 9.20. The molecule has 1 N–H and O–H groups in total. The number of anilines is 1. The van der Waals surface area contributed by atoms with Crippen LogP contribution in [0.5, 0.6) is 0 Å². The Morgan fingerprint density at radius 1 is 1.32 bits per heavy atom. The van der Waals surface area contributed by atoms with Crippen molar-refractivity contribution in [3.8, 4) is 6.07 Å². The van der Waals surface area contributed by atoms with E-state index in [0.717, 1.165) is 18.2 Å². The van der Waals surface area contributed by atoms with Gasteiger partial charge in [-0.2, -0.15) is 5.26 Å². The van der Waals surface area contributed by atoms with Crippen LogP contribution in [0.1, 0.15) is 31.2 Å². The molecule has 2 unspecified atom stereocenters. The zero-order valence-electron chi connectivity index (χ0n) is 10.9. The molecule has 0 radical (unpaired) electrons. The van der Waals surface area contributed by atoms with Gasteiger partial charge < -0.3 is 10.2 Å². The summed E-state index contributed by atoms with van der Waals surface area (Å²) in [6.45, 7) is 2.43. The largest absolute Gasteiger partial charge is 0.381 e. The van der Waals surface area contributed by atoms with Gasteiger partial charge in [-0.25, -0.2) is 0 Å². The summed E-state index contributed by atoms with van der Waals surface area (Å²) >= 11 is 6.07. The third kappa shape index (κ3) is 2.56. The fourth-order valence-corrected chi connectivity index (χ4v) is 3.55. The number of halogens is 1. The SMILES string of the molecule is N#Cc1c(Cl)cccc1NC1CCN2CCCC2C1. The van der Waals surface area contributed by atoms with Crippen molar-refractivity contribution in [2.45, 2.75) is 37.8 Å². The third-order valence-electron chi connectivity index (χ3n) is 4.31. The Balaban J connectivity index is 1.72. The standard InChI is InChI=1S/C15H18ClN3/c16-14-4-1-5-15(13(14)10-17)18-11-6-8-19-7-2-3-12(19)9-11/h1,4-5,11-12,18H,2-3,6-9H2. The number of hydrogen-bond acceptors (Lipinski definition) is 3. The number of nitrogens with zero attached hydrogens (tertiary/aromatic N) is 2. The van der Waals surface area contributed by atoms with E-state index < -0.39 is 0 Å². The first-order valence-corrected chi connectivity index (χ1v) is 7.35. The Morgan fingerprint density at radius 3 is 3.05 bits per heavy atom. The normalized spacial score (nSPS) is 26.7. The second-order valence-electron chi connectivity index (χ2n) is 5.47. The average molecular weight is 276 g/mol. The summed E-state index contributed by atoms with van der Waals surface area (Å²) in [5, 5.41) is 13.2. The summed E-state index contributed by atoms with van der Waals surface area (Å²) < 4.78 is 0. The van der Waals surface area contributed by atoms with Crippen LogP contribution < -0.4 is 5.32 Å². The van der Waals surface area contributed by atoms with E-state index in [0.29, 0.717) is 16.6 Å². The lowest BCUT2D eigenvalue weighted by Crippen LogP contribution is -2.42. The lowest BCUT2D eigenvalue weighted by atomic mass is 9.97. The highest BCUT2D eigenvalue weighted by atomic mass is 35.5. The van der Waals surface area contributed by atoms with Crippen molar-refractivity contribution in [2.24, 2.45) is 0 Å². The molecule has 0 spiro atoms. The molecule has 2 aliphatic heterocycles. The molecule has 2 aliphatic rings. The van der Waals surface area contributed by atoms with E-state index in [4.69, 9.17) is 11.6 Å². The fraction of sp³-hybridized carbons (Fsp3) is 0.533. The van der Waals surface area contributed by atoms with Crippen LogP contribution in [0.2, 0.25) is 5.02 Å². The molecule has 0 saturated carbocycles. The van der Waals surface area contributed by atoms with Crippen LogP contribution in [-0.4, -0.2) is 30.1 Å². The quantitative estimate of drug-likeness (QED) is 0.900. The number of piperidine rings is 1. The van der Waals surface area contributed by atoms with Crippen molar-refractivity contribution in [1.29, 1.82) is 5.26 Å². The zero-order valence-corrected chi connectivity index (χ0v) is 11.7. The lowest BCUT2D eigenvalue weighted by Gasteiger charge is -2.35. The minimum Gasteiger partial charge on any atom is -0.381 e. The molecule has 0 aromatic heterocycles. The van der Waals surface area contributed by atoms with Crippen molar-refractivity contribution in [3.63, 3.8) is 0 Å². The van der Waals surface area contributed by atoms with Crippen LogP contribution >= 0.6 is 11.6 Å². The highest BCUT2D eigenvalue weighted by Crippen LogP contribution is 2.30. The molecule has 1 aromatic rings. The van der Waals surface area contributed by atoms with Gasteiger partial charge in [-0.1, -0.05) is 17.7 Å². The van der Waals surface area contributed by atoms with Crippen LogP contribution in [0, 0.1) is 11.3 Å². The molecule has 2 saturated heterocycles. The van der Waals surface area contributed by atoms with Gasteiger partial charge in [0.1, 0.15) is 6.07 Å². The summed E-state index contributed by atoms with van der Waals surface area (Å²) in [4.78, 5) is 2.60. The van der Waals surface area contributed by atoms with Crippen molar-refractivity contribution in [2.75, 3.05) is 18.4 Å². The molecule has 4 heteroatoms. The second kappa shape index (κ2) is 5.40. The average Bonchev–Trinajstić information content (AvgIpc) is 2.86. The first-order valence-electron chi connectivity index (χ1n) is 6.97. The summed E-state index contributed by atoms with van der Waals surface area (Å²) in [6, 6.07) is 9.01. The van der Waals surface area contributed by atoms with Crippen molar-refractivity contribution in [3.05, 3.63) is 28.8 Å². The summed E-state index contributed by atoms with van der Waals surface area (Å²) in [5.41, 5.74) is 1.45. The Morgan fingerprint density at radius 2 is 2.21 bits per heavy atom. The summed E-state index contributed by atoms with van der Waals surface area (Å²) in [5.74, 6) is 0. The molecule has 2 heterocycles. The van der Waals surface area contributed by atoms with Crippen LogP contribution in [0.3, 0.4) is 0 Å². The fourth-order valence-electron chi connectivity index (χ4n) is 3.33. The predicted octanol–water partition coefficient (Wildman–Crippen LogP) is 3.25. The predicted molar refractivity (Wildman–Crippen MR) is 77.4 cm³/mol. The number of rotatable bonds is 2. The molecular weight excluding hydrogens is 258 g/mol. The number of fused-ring (bicyclic) bond motifs is 1. The smallest absolute Gasteiger partial charge is 0.103 e. The lowest BCUT2D eigenvalue weighted by molar-refractivity contribution is 0.188. The molecule has 3 nitrogen and oxygen atoms in total. The summed E-state index contributed by atoms with van der Waals surface area (Å²) in [7, 11) is 0. The van der Waals surface area contributed by atoms with Gasteiger partial charge in [-0.05, 0) is 44.4 Å². The van der Waals surface area contributed by atoms with Gasteiger partial charge >= 0.3 is 0 Å². The van der Waals surface area contributed by atoms with Crippen molar-refractivity contribution in [1.82, 2.24) is 4.90 Å². The van der Waals surface area contributed by atoms with E-state index in [-0.39, 0.29) is 0 Å². The number of benzene rings is 1. The number of nitriles is 1. The van der Waals surface area contributed by atoms with Gasteiger partial charge in [0.05, 0.1) is 16.3 Å². The molecule has 3 rings (SSSR count). The van der Waals surface area contributed by atoms with Crippen LogP contribution in [-0.2, 0) is 0 Å². The van der Waals surface area contributed by atoms with Gasteiger partial charge in [-0.3, -0.25) is 0 Å². The molecule has 0 aliphatic carbocycles. The topological polar surface area (TPSA) is 39.1 Å². The van der Waals surface area contributed by atoms with E-state index >= 15 is 0 Å². The maximum Gasteiger partial charge on any atom is 0.103 e. The second-order valence-corrected chi connectivity index (χ2v) is 5.88. The first kappa shape index (κ1) is 12.8. The number of hydrogen-bond donors (Lipinski definition) is 1. The molecule has 0 amide bonds. The van der Waals surface area contributed by atoms with Gasteiger partial charge in [0.25, 0.3) is 0 Å². The van der Waals surface area contributed by atoms with E-state index in [1.165, 1.54) is 32.4 Å². The van der Waals surface area contributed by atoms with Crippen LogP contribution in [0.15, 0.2) is 18.2 Å². The number of nitrogens with one attached hydrogen (secondary N) is 1. The van der Waals surface area contributed by atoms with Gasteiger partial charge in [-0.15, -0.1) is 0 Å². The minimum absolute atomic E-state index is 0.463. The molecule has 1 aromatic carbocycles. The zero-order chi connectivity index (χ0) is 13.2. The minimum atomic E-state index is 0.463. The Bertz CT molecular complexity index is 509. The molecule has 2 atom stereocenters. The van der Waals surface area contributed by atoms with Gasteiger partial charge in [0.2, 0.25) is 0 Å². The van der Waals surface area contributed by atoms with Crippen molar-refractivity contribution < 1.29 is 0 Å². The van der Waals surface area contributed by atoms with Crippen LogP contribution in [0.4, 0.5) is 5.69 Å². The van der Waals surface area contributed by atoms with Gasteiger partial charge in [0.15, 0.2) is 0 Å². The van der Waals surface area contributed by atoms with Crippen LogP contribution in [0.25, 0.3) is 0 Å². The molecule has 2 fully saturated rings. The first-order chi connectivity index (χ1) is 9.28. The Labute approximate surface area is 119 Å². The van der Waals surface area contributed by atoms with E-state index in [9.17, 15) is 5.26 Å². The summed E-state index contributed by atoms with van der Waals surface area (Å²) in [6.07, 6.45) is 4.97. The molecule has 19 heavy (non-hydrogen) atoms. The highest BCUT2D eigenvalue weighted by Gasteiger charge is 2.31.